The Labute approximate surface area is 130 Å². The van der Waals surface area contributed by atoms with Gasteiger partial charge in [-0.15, -0.1) is 0 Å². The van der Waals surface area contributed by atoms with E-state index in [-0.39, 0.29) is 0 Å². The van der Waals surface area contributed by atoms with Crippen molar-refractivity contribution in [2.75, 3.05) is 20.8 Å². The molecule has 0 unspecified atom stereocenters. The quantitative estimate of drug-likeness (QED) is 0.870. The molecule has 0 aliphatic rings. The van der Waals surface area contributed by atoms with E-state index in [1.54, 1.807) is 14.2 Å². The molecule has 112 valence electrons. The molecule has 0 spiro atoms. The van der Waals surface area contributed by atoms with Gasteiger partial charge in [0.2, 0.25) is 0 Å². The van der Waals surface area contributed by atoms with E-state index in [9.17, 15) is 0 Å². The van der Waals surface area contributed by atoms with Crippen LogP contribution in [0.4, 0.5) is 0 Å². The molecule has 2 aromatic carbocycles. The van der Waals surface area contributed by atoms with Crippen LogP contribution >= 0.6 is 11.6 Å². The van der Waals surface area contributed by atoms with Gasteiger partial charge in [0, 0.05) is 22.7 Å². The van der Waals surface area contributed by atoms with Gasteiger partial charge in [-0.2, -0.15) is 0 Å². The second-order valence-corrected chi connectivity index (χ2v) is 5.04. The number of rotatable bonds is 6. The van der Waals surface area contributed by atoms with E-state index in [0.29, 0.717) is 16.5 Å². The van der Waals surface area contributed by atoms with E-state index in [2.05, 4.69) is 18.3 Å². The molecule has 0 bridgehead atoms. The molecule has 0 heterocycles. The second-order valence-electron chi connectivity index (χ2n) is 4.64. The van der Waals surface area contributed by atoms with Crippen LogP contribution in [0, 0.1) is 0 Å². The number of halogens is 1. The van der Waals surface area contributed by atoms with E-state index >= 15 is 0 Å². The lowest BCUT2D eigenvalue weighted by Crippen LogP contribution is -2.11. The number of hydrogen-bond acceptors (Lipinski definition) is 3. The van der Waals surface area contributed by atoms with E-state index in [4.69, 9.17) is 21.1 Å². The van der Waals surface area contributed by atoms with Crippen LogP contribution in [0.25, 0.3) is 11.1 Å². The lowest BCUT2D eigenvalue weighted by atomic mass is 10.0. The molecule has 3 nitrogen and oxygen atoms in total. The van der Waals surface area contributed by atoms with Gasteiger partial charge in [-0.25, -0.2) is 0 Å². The Bertz CT molecular complexity index is 614. The highest BCUT2D eigenvalue weighted by molar-refractivity contribution is 6.33. The molecular weight excluding hydrogens is 286 g/mol. The molecule has 0 fully saturated rings. The van der Waals surface area contributed by atoms with Gasteiger partial charge < -0.3 is 14.8 Å². The average molecular weight is 306 g/mol. The molecule has 0 aromatic heterocycles. The maximum atomic E-state index is 6.44. The molecule has 0 radical (unpaired) electrons. The van der Waals surface area contributed by atoms with Crippen molar-refractivity contribution in [2.24, 2.45) is 0 Å². The van der Waals surface area contributed by atoms with Gasteiger partial charge >= 0.3 is 0 Å². The van der Waals surface area contributed by atoms with E-state index in [0.717, 1.165) is 29.8 Å². The fourth-order valence-electron chi connectivity index (χ4n) is 2.26. The topological polar surface area (TPSA) is 30.5 Å². The summed E-state index contributed by atoms with van der Waals surface area (Å²) in [7, 11) is 3.26. The second kappa shape index (κ2) is 7.34. The fraction of sp³-hybridized carbons (Fsp3) is 0.294. The summed E-state index contributed by atoms with van der Waals surface area (Å²) in [4.78, 5) is 0. The molecule has 0 amide bonds. The third kappa shape index (κ3) is 3.49. The summed E-state index contributed by atoms with van der Waals surface area (Å²) in [5.74, 6) is 1.39. The van der Waals surface area contributed by atoms with Crippen LogP contribution in [0.3, 0.4) is 0 Å². The van der Waals surface area contributed by atoms with Gasteiger partial charge in [-0.3, -0.25) is 0 Å². The van der Waals surface area contributed by atoms with Gasteiger partial charge in [0.1, 0.15) is 0 Å². The Morgan fingerprint density at radius 1 is 1.05 bits per heavy atom. The first kappa shape index (κ1) is 15.7. The lowest BCUT2D eigenvalue weighted by Gasteiger charge is -2.14. The van der Waals surface area contributed by atoms with Gasteiger partial charge in [-0.05, 0) is 24.2 Å². The highest BCUT2D eigenvalue weighted by atomic mass is 35.5. The van der Waals surface area contributed by atoms with Crippen molar-refractivity contribution in [3.63, 3.8) is 0 Å². The van der Waals surface area contributed by atoms with E-state index in [1.807, 2.05) is 30.3 Å². The van der Waals surface area contributed by atoms with Gasteiger partial charge in [0.05, 0.1) is 14.2 Å². The van der Waals surface area contributed by atoms with Crippen LogP contribution in [0.2, 0.25) is 5.02 Å². The van der Waals surface area contributed by atoms with Gasteiger partial charge in [-0.1, -0.05) is 42.8 Å². The summed E-state index contributed by atoms with van der Waals surface area (Å²) >= 11 is 6.44. The van der Waals surface area contributed by atoms with Crippen molar-refractivity contribution in [1.29, 1.82) is 0 Å². The number of hydrogen-bond donors (Lipinski definition) is 1. The zero-order valence-corrected chi connectivity index (χ0v) is 13.3. The van der Waals surface area contributed by atoms with Crippen LogP contribution in [-0.4, -0.2) is 20.8 Å². The lowest BCUT2D eigenvalue weighted by molar-refractivity contribution is 0.356. The van der Waals surface area contributed by atoms with Crippen molar-refractivity contribution in [3.05, 3.63) is 47.0 Å². The average Bonchev–Trinajstić information content (AvgIpc) is 2.52. The van der Waals surface area contributed by atoms with Crippen molar-refractivity contribution >= 4 is 11.6 Å². The van der Waals surface area contributed by atoms with Crippen molar-refractivity contribution in [1.82, 2.24) is 5.32 Å². The number of nitrogens with one attached hydrogen (secondary N) is 1. The van der Waals surface area contributed by atoms with Gasteiger partial charge in [0.15, 0.2) is 11.5 Å². The van der Waals surface area contributed by atoms with Crippen molar-refractivity contribution < 1.29 is 9.47 Å². The van der Waals surface area contributed by atoms with E-state index < -0.39 is 0 Å². The number of benzene rings is 2. The highest BCUT2D eigenvalue weighted by Crippen LogP contribution is 2.40. The summed E-state index contributed by atoms with van der Waals surface area (Å²) in [6.07, 6.45) is 0. The molecule has 0 saturated heterocycles. The largest absolute Gasteiger partial charge is 0.493 e. The normalized spacial score (nSPS) is 10.5. The third-order valence-corrected chi connectivity index (χ3v) is 3.62. The zero-order valence-electron chi connectivity index (χ0n) is 12.6. The van der Waals surface area contributed by atoms with Crippen LogP contribution in [-0.2, 0) is 6.54 Å². The zero-order chi connectivity index (χ0) is 15.2. The van der Waals surface area contributed by atoms with Crippen LogP contribution in [0.15, 0.2) is 36.4 Å². The first-order valence-electron chi connectivity index (χ1n) is 6.91. The van der Waals surface area contributed by atoms with Crippen molar-refractivity contribution in [3.8, 4) is 22.6 Å². The monoisotopic (exact) mass is 305 g/mol. The van der Waals surface area contributed by atoms with Crippen molar-refractivity contribution in [2.45, 2.75) is 13.5 Å². The standard InChI is InChI=1S/C17H20ClNO2/c1-4-19-11-12-8-9-13(15(18)10-12)14-6-5-7-16(20-2)17(14)21-3/h5-10,19H,4,11H2,1-3H3. The molecular formula is C17H20ClNO2. The van der Waals surface area contributed by atoms with Crippen LogP contribution < -0.4 is 14.8 Å². The Morgan fingerprint density at radius 3 is 2.48 bits per heavy atom. The fourth-order valence-corrected chi connectivity index (χ4v) is 2.56. The van der Waals surface area contributed by atoms with Crippen LogP contribution in [0.1, 0.15) is 12.5 Å². The molecule has 21 heavy (non-hydrogen) atoms. The smallest absolute Gasteiger partial charge is 0.168 e. The maximum absolute atomic E-state index is 6.44. The predicted molar refractivity (Wildman–Crippen MR) is 87.4 cm³/mol. The highest BCUT2D eigenvalue weighted by Gasteiger charge is 2.14. The molecule has 1 N–H and O–H groups in total. The third-order valence-electron chi connectivity index (χ3n) is 3.31. The number of ether oxygens (including phenoxy) is 2. The minimum atomic E-state index is 0.696. The Balaban J connectivity index is 2.42. The molecule has 0 aliphatic heterocycles. The minimum absolute atomic E-state index is 0.696. The maximum Gasteiger partial charge on any atom is 0.168 e. The molecule has 4 heteroatoms. The summed E-state index contributed by atoms with van der Waals surface area (Å²) in [5.41, 5.74) is 3.02. The van der Waals surface area contributed by atoms with E-state index in [1.165, 1.54) is 0 Å². The summed E-state index contributed by atoms with van der Waals surface area (Å²) in [6.45, 7) is 3.83. The number of methoxy groups -OCH3 is 2. The Hall–Kier alpha value is -1.71. The number of para-hydroxylation sites is 1. The summed E-state index contributed by atoms with van der Waals surface area (Å²) in [5, 5.41) is 3.99. The summed E-state index contributed by atoms with van der Waals surface area (Å²) < 4.78 is 10.8. The minimum Gasteiger partial charge on any atom is -0.493 e. The SMILES string of the molecule is CCNCc1ccc(-c2cccc(OC)c2OC)c(Cl)c1. The molecule has 0 saturated carbocycles. The molecule has 0 atom stereocenters. The Morgan fingerprint density at radius 2 is 1.86 bits per heavy atom. The molecule has 2 rings (SSSR count). The first-order valence-corrected chi connectivity index (χ1v) is 7.29. The molecule has 0 aliphatic carbocycles. The predicted octanol–water partition coefficient (Wildman–Crippen LogP) is 4.13. The first-order chi connectivity index (χ1) is 10.2. The van der Waals surface area contributed by atoms with Crippen LogP contribution in [0.5, 0.6) is 11.5 Å². The summed E-state index contributed by atoms with van der Waals surface area (Å²) in [6, 6.07) is 11.9. The van der Waals surface area contributed by atoms with Gasteiger partial charge in [0.25, 0.3) is 0 Å². The Kier molecular flexibility index (Phi) is 5.48. The molecule has 2 aromatic rings.